The van der Waals surface area contributed by atoms with Crippen LogP contribution >= 0.6 is 11.6 Å². The van der Waals surface area contributed by atoms with Crippen molar-refractivity contribution in [3.8, 4) is 0 Å². The van der Waals surface area contributed by atoms with Gasteiger partial charge in [-0.25, -0.2) is 0 Å². The Hall–Kier alpha value is -1.85. The molecule has 158 valence electrons. The fraction of sp³-hybridized carbons (Fsp3) is 0.565. The molecule has 0 spiro atoms. The standard InChI is InChI=1S/C23H32ClN3O2/c1-14-8-15(2)26-23(29)20(14)12-25-13-22(28)19-9-17(11-24)10-21(16(19)3)27(4)18-6-5-7-18/h9-10,15,18,25H,5-8,11-13H2,1-4H3,(H,26,29). The van der Waals surface area contributed by atoms with Crippen LogP contribution in [0, 0.1) is 6.92 Å². The van der Waals surface area contributed by atoms with Crippen molar-refractivity contribution in [3.63, 3.8) is 0 Å². The Morgan fingerprint density at radius 1 is 1.31 bits per heavy atom. The third kappa shape index (κ3) is 4.84. The Morgan fingerprint density at radius 2 is 2.03 bits per heavy atom. The van der Waals surface area contributed by atoms with Crippen LogP contribution in [0.15, 0.2) is 23.3 Å². The van der Waals surface area contributed by atoms with E-state index in [4.69, 9.17) is 11.6 Å². The van der Waals surface area contributed by atoms with Crippen molar-refractivity contribution in [3.05, 3.63) is 40.0 Å². The van der Waals surface area contributed by atoms with Crippen LogP contribution in [0.3, 0.4) is 0 Å². The minimum atomic E-state index is -0.0362. The Morgan fingerprint density at radius 3 is 2.62 bits per heavy atom. The number of anilines is 1. The number of nitrogens with one attached hydrogen (secondary N) is 2. The van der Waals surface area contributed by atoms with Crippen molar-refractivity contribution in [2.45, 2.75) is 64.4 Å². The van der Waals surface area contributed by atoms with E-state index in [-0.39, 0.29) is 24.3 Å². The highest BCUT2D eigenvalue weighted by Crippen LogP contribution is 2.33. The number of nitrogens with zero attached hydrogens (tertiary/aromatic N) is 1. The highest BCUT2D eigenvalue weighted by atomic mass is 35.5. The van der Waals surface area contributed by atoms with E-state index >= 15 is 0 Å². The van der Waals surface area contributed by atoms with Crippen molar-refractivity contribution in [2.24, 2.45) is 0 Å². The van der Waals surface area contributed by atoms with E-state index in [1.807, 2.05) is 26.8 Å². The molecule has 5 nitrogen and oxygen atoms in total. The lowest BCUT2D eigenvalue weighted by Gasteiger charge is -2.37. The van der Waals surface area contributed by atoms with Gasteiger partial charge in [0, 0.05) is 48.4 Å². The predicted molar refractivity (Wildman–Crippen MR) is 119 cm³/mol. The van der Waals surface area contributed by atoms with E-state index in [0.717, 1.165) is 34.4 Å². The van der Waals surface area contributed by atoms with E-state index in [1.54, 1.807) is 0 Å². The first-order valence-corrected chi connectivity index (χ1v) is 11.0. The number of hydrogen-bond donors (Lipinski definition) is 2. The Labute approximate surface area is 178 Å². The zero-order valence-electron chi connectivity index (χ0n) is 17.9. The number of halogens is 1. The first-order valence-electron chi connectivity index (χ1n) is 10.5. The molecule has 2 aliphatic rings. The van der Waals surface area contributed by atoms with Gasteiger partial charge in [0.25, 0.3) is 0 Å². The molecule has 1 saturated carbocycles. The molecular weight excluding hydrogens is 386 g/mol. The molecule has 1 heterocycles. The van der Waals surface area contributed by atoms with Crippen molar-refractivity contribution < 1.29 is 9.59 Å². The van der Waals surface area contributed by atoms with Crippen LogP contribution < -0.4 is 15.5 Å². The highest BCUT2D eigenvalue weighted by Gasteiger charge is 2.25. The van der Waals surface area contributed by atoms with E-state index < -0.39 is 0 Å². The molecule has 0 aromatic heterocycles. The summed E-state index contributed by atoms with van der Waals surface area (Å²) in [5.41, 5.74) is 5.60. The number of Topliss-reactive ketones (excluding diaryl/α,β-unsaturated/α-hetero) is 1. The molecule has 1 aromatic rings. The summed E-state index contributed by atoms with van der Waals surface area (Å²) in [5.74, 6) is 0.371. The van der Waals surface area contributed by atoms with Crippen molar-refractivity contribution in [2.75, 3.05) is 25.0 Å². The average Bonchev–Trinajstić information content (AvgIpc) is 2.62. The summed E-state index contributed by atoms with van der Waals surface area (Å²) in [4.78, 5) is 27.5. The van der Waals surface area contributed by atoms with Gasteiger partial charge in [0.2, 0.25) is 5.91 Å². The van der Waals surface area contributed by atoms with Gasteiger partial charge < -0.3 is 15.5 Å². The number of carbonyl (C=O) groups is 2. The number of amides is 1. The van der Waals surface area contributed by atoms with Crippen LogP contribution in [0.2, 0.25) is 0 Å². The van der Waals surface area contributed by atoms with Gasteiger partial charge in [-0.3, -0.25) is 9.59 Å². The first-order chi connectivity index (χ1) is 13.8. The molecular formula is C23H32ClN3O2. The maximum Gasteiger partial charge on any atom is 0.248 e. The third-order valence-electron chi connectivity index (χ3n) is 6.26. The molecule has 1 aliphatic carbocycles. The van der Waals surface area contributed by atoms with Crippen LogP contribution in [-0.2, 0) is 10.7 Å². The quantitative estimate of drug-likeness (QED) is 0.500. The molecule has 0 saturated heterocycles. The van der Waals surface area contributed by atoms with E-state index in [1.165, 1.54) is 19.3 Å². The molecule has 1 amide bonds. The maximum absolute atomic E-state index is 13.0. The summed E-state index contributed by atoms with van der Waals surface area (Å²) in [5, 5.41) is 6.13. The van der Waals surface area contributed by atoms with Crippen LogP contribution in [0.5, 0.6) is 0 Å². The van der Waals surface area contributed by atoms with Crippen LogP contribution in [-0.4, -0.2) is 43.9 Å². The van der Waals surface area contributed by atoms with Crippen LogP contribution in [0.25, 0.3) is 0 Å². The van der Waals surface area contributed by atoms with E-state index in [9.17, 15) is 9.59 Å². The second-order valence-electron chi connectivity index (χ2n) is 8.48. The molecule has 6 heteroatoms. The fourth-order valence-corrected chi connectivity index (χ4v) is 4.38. The van der Waals surface area contributed by atoms with Gasteiger partial charge in [-0.15, -0.1) is 11.6 Å². The summed E-state index contributed by atoms with van der Waals surface area (Å²) in [6.07, 6.45) is 4.51. The smallest absolute Gasteiger partial charge is 0.248 e. The van der Waals surface area contributed by atoms with Gasteiger partial charge in [-0.05, 0) is 69.7 Å². The molecule has 1 aromatic carbocycles. The van der Waals surface area contributed by atoms with Gasteiger partial charge in [-0.1, -0.05) is 5.57 Å². The molecule has 0 bridgehead atoms. The first kappa shape index (κ1) is 21.8. The van der Waals surface area contributed by atoms with Crippen molar-refractivity contribution >= 4 is 29.0 Å². The molecule has 0 radical (unpaired) electrons. The Balaban J connectivity index is 1.71. The minimum absolute atomic E-state index is 0.0283. The van der Waals surface area contributed by atoms with Gasteiger partial charge in [0.05, 0.1) is 6.54 Å². The van der Waals surface area contributed by atoms with Crippen molar-refractivity contribution in [1.82, 2.24) is 10.6 Å². The number of rotatable bonds is 8. The average molecular weight is 418 g/mol. The highest BCUT2D eigenvalue weighted by molar-refractivity contribution is 6.17. The normalized spacial score (nSPS) is 19.8. The van der Waals surface area contributed by atoms with Crippen molar-refractivity contribution in [1.29, 1.82) is 0 Å². The summed E-state index contributed by atoms with van der Waals surface area (Å²) in [6, 6.07) is 4.72. The predicted octanol–water partition coefficient (Wildman–Crippen LogP) is 3.72. The minimum Gasteiger partial charge on any atom is -0.371 e. The van der Waals surface area contributed by atoms with E-state index in [0.29, 0.717) is 24.0 Å². The second kappa shape index (κ2) is 9.31. The number of ketones is 1. The number of benzene rings is 1. The Bertz CT molecular complexity index is 830. The lowest BCUT2D eigenvalue weighted by molar-refractivity contribution is -0.118. The number of hydrogen-bond acceptors (Lipinski definition) is 4. The summed E-state index contributed by atoms with van der Waals surface area (Å²) in [6.45, 7) is 6.60. The summed E-state index contributed by atoms with van der Waals surface area (Å²) < 4.78 is 0. The van der Waals surface area contributed by atoms with Gasteiger partial charge in [0.1, 0.15) is 0 Å². The summed E-state index contributed by atoms with van der Waals surface area (Å²) in [7, 11) is 2.11. The Kier molecular flexibility index (Phi) is 7.01. The zero-order valence-corrected chi connectivity index (χ0v) is 18.7. The topological polar surface area (TPSA) is 61.4 Å². The van der Waals surface area contributed by atoms with Gasteiger partial charge in [-0.2, -0.15) is 0 Å². The molecule has 3 rings (SSSR count). The molecule has 1 atom stereocenters. The molecule has 29 heavy (non-hydrogen) atoms. The SMILES string of the molecule is CC1=C(CNCC(=O)c2cc(CCl)cc(N(C)C3CCC3)c2C)C(=O)NC(C)C1. The molecule has 1 aliphatic heterocycles. The largest absolute Gasteiger partial charge is 0.371 e. The van der Waals surface area contributed by atoms with Crippen LogP contribution in [0.1, 0.15) is 61.0 Å². The monoisotopic (exact) mass is 417 g/mol. The van der Waals surface area contributed by atoms with Gasteiger partial charge >= 0.3 is 0 Å². The zero-order chi connectivity index (χ0) is 21.1. The van der Waals surface area contributed by atoms with Crippen LogP contribution in [0.4, 0.5) is 5.69 Å². The number of carbonyl (C=O) groups excluding carboxylic acids is 2. The molecule has 1 fully saturated rings. The maximum atomic E-state index is 13.0. The fourth-order valence-electron chi connectivity index (χ4n) is 4.23. The van der Waals surface area contributed by atoms with E-state index in [2.05, 4.69) is 28.6 Å². The second-order valence-corrected chi connectivity index (χ2v) is 8.75. The summed E-state index contributed by atoms with van der Waals surface area (Å²) >= 11 is 6.11. The third-order valence-corrected chi connectivity index (χ3v) is 6.57. The lowest BCUT2D eigenvalue weighted by Crippen LogP contribution is -2.41. The lowest BCUT2D eigenvalue weighted by atomic mass is 9.90. The number of alkyl halides is 1. The molecule has 1 unspecified atom stereocenters. The molecule has 2 N–H and O–H groups in total. The van der Waals surface area contributed by atoms with Gasteiger partial charge in [0.15, 0.2) is 5.78 Å².